The molecule has 1 heterocycles. The van der Waals surface area contributed by atoms with Gasteiger partial charge in [-0.15, -0.1) is 11.3 Å². The summed E-state index contributed by atoms with van der Waals surface area (Å²) in [4.78, 5) is 29.2. The maximum Gasteiger partial charge on any atom is 0.313 e. The summed E-state index contributed by atoms with van der Waals surface area (Å²) in [7, 11) is 0. The lowest BCUT2D eigenvalue weighted by molar-refractivity contribution is -0.142. The normalized spacial score (nSPS) is 15.2. The topological polar surface area (TPSA) is 79.3 Å². The third-order valence-electron chi connectivity index (χ3n) is 5.12. The molecule has 1 fully saturated rings. The third-order valence-corrected chi connectivity index (χ3v) is 6.44. The fraction of sp³-hybridized carbons (Fsp3) is 0.450. The molecule has 1 aromatic heterocycles. The summed E-state index contributed by atoms with van der Waals surface area (Å²) in [5.74, 6) is -0.540. The van der Waals surface area contributed by atoms with E-state index in [4.69, 9.17) is 0 Å². The van der Waals surface area contributed by atoms with E-state index in [0.717, 1.165) is 23.5 Å². The maximum absolute atomic E-state index is 12.6. The van der Waals surface area contributed by atoms with Crippen molar-refractivity contribution in [3.63, 3.8) is 0 Å². The molecule has 0 spiro atoms. The highest BCUT2D eigenvalue weighted by atomic mass is 32.1. The summed E-state index contributed by atoms with van der Waals surface area (Å²) in [5, 5.41) is 13.3. The molecule has 0 atom stereocenters. The lowest BCUT2D eigenvalue weighted by Gasteiger charge is -2.19. The lowest BCUT2D eigenvalue weighted by Crippen LogP contribution is -2.28. The number of anilines is 1. The maximum atomic E-state index is 12.6. The largest absolute Gasteiger partial charge is 0.481 e. The van der Waals surface area contributed by atoms with Crippen molar-refractivity contribution >= 4 is 28.9 Å². The Morgan fingerprint density at radius 1 is 1.19 bits per heavy atom. The fourth-order valence-electron chi connectivity index (χ4n) is 3.26. The van der Waals surface area contributed by atoms with Crippen LogP contribution in [0.1, 0.15) is 71.4 Å². The van der Waals surface area contributed by atoms with Crippen molar-refractivity contribution in [2.75, 3.05) is 5.32 Å². The molecule has 2 aromatic rings. The van der Waals surface area contributed by atoms with Crippen LogP contribution in [0.2, 0.25) is 0 Å². The van der Waals surface area contributed by atoms with Crippen molar-refractivity contribution in [3.05, 3.63) is 45.4 Å². The molecule has 5 nitrogen and oxygen atoms in total. The first-order chi connectivity index (χ1) is 12.3. The molecular weight excluding hydrogens is 348 g/mol. The molecule has 2 N–H and O–H groups in total. The molecule has 0 saturated heterocycles. The highest BCUT2D eigenvalue weighted by molar-refractivity contribution is 7.14. The van der Waals surface area contributed by atoms with Gasteiger partial charge < -0.3 is 10.4 Å². The van der Waals surface area contributed by atoms with E-state index in [1.807, 2.05) is 6.92 Å². The first kappa shape index (κ1) is 18.6. The van der Waals surface area contributed by atoms with Gasteiger partial charge in [-0.1, -0.05) is 25.0 Å². The van der Waals surface area contributed by atoms with Crippen LogP contribution in [0.25, 0.3) is 0 Å². The zero-order valence-corrected chi connectivity index (χ0v) is 16.2. The van der Waals surface area contributed by atoms with Gasteiger partial charge in [0.2, 0.25) is 0 Å². The van der Waals surface area contributed by atoms with Gasteiger partial charge in [-0.25, -0.2) is 4.98 Å². The van der Waals surface area contributed by atoms with Crippen molar-refractivity contribution in [2.45, 2.75) is 57.8 Å². The number of aliphatic carboxylic acids is 1. The van der Waals surface area contributed by atoms with Gasteiger partial charge in [0, 0.05) is 11.6 Å². The minimum absolute atomic E-state index is 0.158. The van der Waals surface area contributed by atoms with Crippen LogP contribution in [0.3, 0.4) is 0 Å². The molecule has 3 rings (SSSR count). The Kier molecular flexibility index (Phi) is 5.14. The van der Waals surface area contributed by atoms with Gasteiger partial charge in [0.25, 0.3) is 5.91 Å². The number of nitrogens with zero attached hydrogens (tertiary/aromatic N) is 1. The first-order valence-electron chi connectivity index (χ1n) is 8.91. The van der Waals surface area contributed by atoms with Gasteiger partial charge >= 0.3 is 5.97 Å². The molecule has 26 heavy (non-hydrogen) atoms. The number of thiazole rings is 1. The Hall–Kier alpha value is -2.21. The number of aryl methyl sites for hydroxylation is 1. The number of rotatable bonds is 5. The quantitative estimate of drug-likeness (QED) is 0.796. The van der Waals surface area contributed by atoms with E-state index >= 15 is 0 Å². The zero-order chi connectivity index (χ0) is 18.9. The number of carbonyl (C=O) groups excluding carboxylic acids is 1. The molecule has 1 aromatic carbocycles. The Labute approximate surface area is 157 Å². The van der Waals surface area contributed by atoms with Crippen molar-refractivity contribution in [3.8, 4) is 0 Å². The summed E-state index contributed by atoms with van der Waals surface area (Å²) in [6, 6.07) is 6.97. The molecule has 1 aliphatic carbocycles. The summed E-state index contributed by atoms with van der Waals surface area (Å²) in [6.07, 6.45) is 4.80. The van der Waals surface area contributed by atoms with Gasteiger partial charge in [0.05, 0.1) is 16.1 Å². The predicted octanol–water partition coefficient (Wildman–Crippen LogP) is 4.72. The second kappa shape index (κ2) is 7.19. The minimum atomic E-state index is -0.965. The second-order valence-electron chi connectivity index (χ2n) is 7.41. The molecule has 1 saturated carbocycles. The third kappa shape index (κ3) is 3.65. The van der Waals surface area contributed by atoms with Crippen LogP contribution in [0.5, 0.6) is 0 Å². The minimum Gasteiger partial charge on any atom is -0.481 e. The second-order valence-corrected chi connectivity index (χ2v) is 8.44. The van der Waals surface area contributed by atoms with E-state index in [9.17, 15) is 14.7 Å². The van der Waals surface area contributed by atoms with Gasteiger partial charge in [-0.2, -0.15) is 0 Å². The summed E-state index contributed by atoms with van der Waals surface area (Å²) in [5.41, 5.74) is 1.15. The van der Waals surface area contributed by atoms with Crippen LogP contribution in [-0.4, -0.2) is 22.0 Å². The van der Waals surface area contributed by atoms with E-state index in [-0.39, 0.29) is 5.91 Å². The number of carboxylic acid groups (broad SMARTS) is 1. The molecule has 1 amide bonds. The summed E-state index contributed by atoms with van der Waals surface area (Å²) in [6.45, 7) is 5.20. The molecule has 0 unspecified atom stereocenters. The lowest BCUT2D eigenvalue weighted by atomic mass is 9.85. The van der Waals surface area contributed by atoms with E-state index in [1.54, 1.807) is 38.1 Å². The first-order valence-corrected chi connectivity index (χ1v) is 9.73. The Bertz CT molecular complexity index is 818. The molecule has 138 valence electrons. The number of hydrogen-bond donors (Lipinski definition) is 2. The van der Waals surface area contributed by atoms with Crippen LogP contribution < -0.4 is 5.32 Å². The van der Waals surface area contributed by atoms with E-state index in [0.29, 0.717) is 22.0 Å². The van der Waals surface area contributed by atoms with Crippen LogP contribution >= 0.6 is 11.3 Å². The average molecular weight is 372 g/mol. The van der Waals surface area contributed by atoms with E-state index in [1.165, 1.54) is 24.2 Å². The van der Waals surface area contributed by atoms with Crippen LogP contribution in [-0.2, 0) is 10.2 Å². The number of aromatic nitrogens is 1. The van der Waals surface area contributed by atoms with Crippen molar-refractivity contribution in [2.24, 2.45) is 0 Å². The summed E-state index contributed by atoms with van der Waals surface area (Å²) >= 11 is 1.49. The number of benzene rings is 1. The number of carbonyl (C=O) groups is 2. The molecule has 0 radical (unpaired) electrons. The SMILES string of the molecule is Cc1nc(C2CCCC2)sc1C(=O)Nc1ccc(C(C)(C)C(=O)O)cc1. The van der Waals surface area contributed by atoms with Gasteiger partial charge in [-0.3, -0.25) is 9.59 Å². The Morgan fingerprint density at radius 2 is 1.81 bits per heavy atom. The predicted molar refractivity (Wildman–Crippen MR) is 103 cm³/mol. The monoisotopic (exact) mass is 372 g/mol. The highest BCUT2D eigenvalue weighted by Crippen LogP contribution is 2.37. The number of hydrogen-bond acceptors (Lipinski definition) is 4. The Morgan fingerprint density at radius 3 is 2.38 bits per heavy atom. The molecular formula is C20H24N2O3S. The summed E-state index contributed by atoms with van der Waals surface area (Å²) < 4.78 is 0. The number of nitrogens with one attached hydrogen (secondary N) is 1. The smallest absolute Gasteiger partial charge is 0.313 e. The highest BCUT2D eigenvalue weighted by Gasteiger charge is 2.29. The zero-order valence-electron chi connectivity index (χ0n) is 15.3. The molecule has 1 aliphatic rings. The fourth-order valence-corrected chi connectivity index (χ4v) is 4.39. The standard InChI is InChI=1S/C20H24N2O3S/c1-12-16(26-18(21-12)13-6-4-5-7-13)17(23)22-15-10-8-14(9-11-15)20(2,3)19(24)25/h8-11,13H,4-7H2,1-3H3,(H,22,23)(H,24,25). The van der Waals surface area contributed by atoms with Gasteiger partial charge in [0.15, 0.2) is 0 Å². The molecule has 6 heteroatoms. The van der Waals surface area contributed by atoms with E-state index < -0.39 is 11.4 Å². The van der Waals surface area contributed by atoms with Gasteiger partial charge in [-0.05, 0) is 51.3 Å². The Balaban J connectivity index is 1.73. The van der Waals surface area contributed by atoms with Gasteiger partial charge in [0.1, 0.15) is 4.88 Å². The van der Waals surface area contributed by atoms with Crippen molar-refractivity contribution in [1.82, 2.24) is 4.98 Å². The van der Waals surface area contributed by atoms with Crippen molar-refractivity contribution in [1.29, 1.82) is 0 Å². The average Bonchev–Trinajstić information content (AvgIpc) is 3.24. The number of carboxylic acids is 1. The molecule has 0 aliphatic heterocycles. The van der Waals surface area contributed by atoms with Crippen LogP contribution in [0.15, 0.2) is 24.3 Å². The van der Waals surface area contributed by atoms with Crippen LogP contribution in [0.4, 0.5) is 5.69 Å². The van der Waals surface area contributed by atoms with Crippen LogP contribution in [0, 0.1) is 6.92 Å². The van der Waals surface area contributed by atoms with E-state index in [2.05, 4.69) is 10.3 Å². The van der Waals surface area contributed by atoms with Crippen molar-refractivity contribution < 1.29 is 14.7 Å². The number of amides is 1. The molecule has 0 bridgehead atoms.